The molecule has 2 aromatic heterocycles. The van der Waals surface area contributed by atoms with E-state index in [9.17, 15) is 4.79 Å². The second kappa shape index (κ2) is 5.77. The van der Waals surface area contributed by atoms with Gasteiger partial charge in [0.15, 0.2) is 0 Å². The topological polar surface area (TPSA) is 72.1 Å². The van der Waals surface area contributed by atoms with Crippen LogP contribution < -0.4 is 10.6 Å². The molecule has 2 N–H and O–H groups in total. The minimum Gasteiger partial charge on any atom is -0.369 e. The average molecular weight is 325 g/mol. The van der Waals surface area contributed by atoms with Gasteiger partial charge in [0.05, 0.1) is 5.39 Å². The van der Waals surface area contributed by atoms with Crippen molar-refractivity contribution in [1.29, 1.82) is 0 Å². The van der Waals surface area contributed by atoms with E-state index in [0.29, 0.717) is 0 Å². The highest BCUT2D eigenvalue weighted by atomic mass is 35.5. The molecule has 1 aliphatic rings. The third-order valence-electron chi connectivity index (χ3n) is 3.94. The number of carbonyl (C=O) groups is 1. The third-order valence-corrected chi connectivity index (χ3v) is 5.28. The van der Waals surface area contributed by atoms with Crippen LogP contribution >= 0.6 is 22.9 Å². The maximum Gasteiger partial charge on any atom is 0.225 e. The molecule has 5 nitrogen and oxygen atoms in total. The van der Waals surface area contributed by atoms with Crippen LogP contribution in [0.15, 0.2) is 6.07 Å². The van der Waals surface area contributed by atoms with E-state index in [1.807, 2.05) is 0 Å². The van der Waals surface area contributed by atoms with Crippen LogP contribution in [-0.2, 0) is 11.2 Å². The fraction of sp³-hybridized carbons (Fsp3) is 0.500. The van der Waals surface area contributed by atoms with Crippen molar-refractivity contribution in [2.24, 2.45) is 11.7 Å². The number of halogens is 1. The summed E-state index contributed by atoms with van der Waals surface area (Å²) in [7, 11) is 0. The van der Waals surface area contributed by atoms with Crippen LogP contribution in [0.3, 0.4) is 0 Å². The van der Waals surface area contributed by atoms with Gasteiger partial charge in [0.2, 0.25) is 11.2 Å². The van der Waals surface area contributed by atoms with Gasteiger partial charge in [0, 0.05) is 23.9 Å². The van der Waals surface area contributed by atoms with Crippen LogP contribution in [-0.4, -0.2) is 29.0 Å². The fourth-order valence-corrected chi connectivity index (χ4v) is 3.90. The number of primary amides is 1. The Balaban J connectivity index is 1.93. The molecule has 0 radical (unpaired) electrons. The Bertz CT molecular complexity index is 679. The zero-order valence-electron chi connectivity index (χ0n) is 11.8. The highest BCUT2D eigenvalue weighted by Gasteiger charge is 2.25. The normalized spacial score (nSPS) is 16.6. The van der Waals surface area contributed by atoms with E-state index in [4.69, 9.17) is 17.3 Å². The number of nitrogens with zero attached hydrogens (tertiary/aromatic N) is 3. The molecule has 1 aliphatic heterocycles. The Morgan fingerprint density at radius 2 is 2.19 bits per heavy atom. The number of hydrogen-bond acceptors (Lipinski definition) is 5. The summed E-state index contributed by atoms with van der Waals surface area (Å²) in [5, 5.41) is 1.33. The molecule has 0 unspecified atom stereocenters. The predicted octanol–water partition coefficient (Wildman–Crippen LogP) is 2.61. The molecule has 2 aromatic rings. The summed E-state index contributed by atoms with van der Waals surface area (Å²) < 4.78 is 0. The van der Waals surface area contributed by atoms with E-state index in [1.165, 1.54) is 4.88 Å². The summed E-state index contributed by atoms with van der Waals surface area (Å²) in [6, 6.07) is 2.14. The number of nitrogens with two attached hydrogens (primary N) is 1. The molecule has 3 rings (SSSR count). The second-order valence-corrected chi connectivity index (χ2v) is 6.72. The van der Waals surface area contributed by atoms with E-state index in [2.05, 4.69) is 27.9 Å². The molecule has 0 atom stereocenters. The molecule has 21 heavy (non-hydrogen) atoms. The minimum atomic E-state index is -0.204. The van der Waals surface area contributed by atoms with Crippen LogP contribution in [0.1, 0.15) is 24.6 Å². The number of aryl methyl sites for hydroxylation is 1. The van der Waals surface area contributed by atoms with Crippen LogP contribution in [0.5, 0.6) is 0 Å². The maximum absolute atomic E-state index is 11.3. The first-order valence-electron chi connectivity index (χ1n) is 7.08. The Labute approximate surface area is 132 Å². The van der Waals surface area contributed by atoms with Crippen molar-refractivity contribution in [2.45, 2.75) is 26.2 Å². The van der Waals surface area contributed by atoms with E-state index >= 15 is 0 Å². The lowest BCUT2D eigenvalue weighted by atomic mass is 9.96. The van der Waals surface area contributed by atoms with Gasteiger partial charge < -0.3 is 10.6 Å². The van der Waals surface area contributed by atoms with Crippen molar-refractivity contribution in [3.63, 3.8) is 0 Å². The van der Waals surface area contributed by atoms with Gasteiger partial charge in [-0.05, 0) is 36.9 Å². The lowest BCUT2D eigenvalue weighted by Crippen LogP contribution is -2.39. The Kier molecular flexibility index (Phi) is 3.99. The molecule has 0 bridgehead atoms. The molecule has 0 spiro atoms. The van der Waals surface area contributed by atoms with Crippen molar-refractivity contribution in [1.82, 2.24) is 9.97 Å². The molecule has 1 amide bonds. The molecule has 0 aliphatic carbocycles. The minimum absolute atomic E-state index is 0.0253. The first-order chi connectivity index (χ1) is 10.1. The number of anilines is 1. The zero-order chi connectivity index (χ0) is 15.0. The maximum atomic E-state index is 11.3. The van der Waals surface area contributed by atoms with Gasteiger partial charge in [-0.15, -0.1) is 11.3 Å². The van der Waals surface area contributed by atoms with Crippen molar-refractivity contribution in [3.8, 4) is 0 Å². The zero-order valence-corrected chi connectivity index (χ0v) is 13.4. The van der Waals surface area contributed by atoms with E-state index in [-0.39, 0.29) is 17.1 Å². The summed E-state index contributed by atoms with van der Waals surface area (Å²) in [4.78, 5) is 24.4. The van der Waals surface area contributed by atoms with Crippen molar-refractivity contribution in [3.05, 3.63) is 16.2 Å². The smallest absolute Gasteiger partial charge is 0.225 e. The van der Waals surface area contributed by atoms with Gasteiger partial charge >= 0.3 is 0 Å². The molecule has 7 heteroatoms. The molecule has 112 valence electrons. The first-order valence-corrected chi connectivity index (χ1v) is 8.28. The van der Waals surface area contributed by atoms with Gasteiger partial charge in [0.25, 0.3) is 0 Å². The Hall–Kier alpha value is -1.40. The molecule has 3 heterocycles. The van der Waals surface area contributed by atoms with Gasteiger partial charge in [-0.25, -0.2) is 4.98 Å². The van der Waals surface area contributed by atoms with E-state index in [0.717, 1.165) is 48.4 Å². The SMILES string of the molecule is CCc1cc2c(N3CCC(C(N)=O)CC3)nc(Cl)nc2s1. The summed E-state index contributed by atoms with van der Waals surface area (Å²) in [5.74, 6) is 0.649. The standard InChI is InChI=1S/C14H17ClN4OS/c1-2-9-7-10-12(17-14(15)18-13(10)21-9)19-5-3-8(4-6-19)11(16)20/h7-8H,2-6H2,1H3,(H2,16,20). The van der Waals surface area contributed by atoms with Gasteiger partial charge in [-0.3, -0.25) is 4.79 Å². The number of carbonyl (C=O) groups excluding carboxylic acids is 1. The highest BCUT2D eigenvalue weighted by Crippen LogP contribution is 2.34. The Morgan fingerprint density at radius 1 is 1.48 bits per heavy atom. The van der Waals surface area contributed by atoms with E-state index in [1.54, 1.807) is 11.3 Å². The van der Waals surface area contributed by atoms with Crippen LogP contribution in [0.25, 0.3) is 10.2 Å². The third kappa shape index (κ3) is 2.82. The van der Waals surface area contributed by atoms with Crippen molar-refractivity contribution >= 4 is 44.9 Å². The molecule has 1 fully saturated rings. The Morgan fingerprint density at radius 3 is 2.81 bits per heavy atom. The molecule has 0 saturated carbocycles. The number of rotatable bonds is 3. The lowest BCUT2D eigenvalue weighted by molar-refractivity contribution is -0.122. The molecular weight excluding hydrogens is 308 g/mol. The van der Waals surface area contributed by atoms with Crippen LogP contribution in [0.2, 0.25) is 5.28 Å². The monoisotopic (exact) mass is 324 g/mol. The van der Waals surface area contributed by atoms with Gasteiger partial charge in [0.1, 0.15) is 10.6 Å². The van der Waals surface area contributed by atoms with Crippen LogP contribution in [0, 0.1) is 5.92 Å². The predicted molar refractivity (Wildman–Crippen MR) is 85.9 cm³/mol. The van der Waals surface area contributed by atoms with Gasteiger partial charge in [-0.2, -0.15) is 4.98 Å². The summed E-state index contributed by atoms with van der Waals surface area (Å²) >= 11 is 7.72. The number of piperidine rings is 1. The summed E-state index contributed by atoms with van der Waals surface area (Å²) in [6.07, 6.45) is 2.51. The summed E-state index contributed by atoms with van der Waals surface area (Å²) in [6.45, 7) is 3.67. The number of fused-ring (bicyclic) bond motifs is 1. The first kappa shape index (κ1) is 14.5. The average Bonchev–Trinajstić information content (AvgIpc) is 2.89. The fourth-order valence-electron chi connectivity index (χ4n) is 2.72. The molecule has 1 saturated heterocycles. The number of amides is 1. The summed E-state index contributed by atoms with van der Waals surface area (Å²) in [5.41, 5.74) is 5.38. The molecule has 0 aromatic carbocycles. The largest absolute Gasteiger partial charge is 0.369 e. The van der Waals surface area contributed by atoms with E-state index < -0.39 is 0 Å². The quantitative estimate of drug-likeness (QED) is 0.881. The highest BCUT2D eigenvalue weighted by molar-refractivity contribution is 7.18. The number of thiophene rings is 1. The number of hydrogen-bond donors (Lipinski definition) is 1. The second-order valence-electron chi connectivity index (χ2n) is 5.27. The number of aromatic nitrogens is 2. The molecular formula is C14H17ClN4OS. The van der Waals surface area contributed by atoms with Crippen LogP contribution in [0.4, 0.5) is 5.82 Å². The lowest BCUT2D eigenvalue weighted by Gasteiger charge is -2.31. The van der Waals surface area contributed by atoms with Crippen molar-refractivity contribution < 1.29 is 4.79 Å². The van der Waals surface area contributed by atoms with Gasteiger partial charge in [-0.1, -0.05) is 6.92 Å². The van der Waals surface area contributed by atoms with Crippen molar-refractivity contribution in [2.75, 3.05) is 18.0 Å².